The van der Waals surface area contributed by atoms with Crippen molar-refractivity contribution in [2.45, 2.75) is 106 Å². The van der Waals surface area contributed by atoms with E-state index in [1.807, 2.05) is 0 Å². The monoisotopic (exact) mass is 472 g/mol. The van der Waals surface area contributed by atoms with Crippen LogP contribution in [0.15, 0.2) is 0 Å². The van der Waals surface area contributed by atoms with Gasteiger partial charge in [0, 0.05) is 0 Å². The zero-order valence-corrected chi connectivity index (χ0v) is 17.4. The summed E-state index contributed by atoms with van der Waals surface area (Å²) in [5.41, 5.74) is 0. The van der Waals surface area contributed by atoms with Gasteiger partial charge in [-0.1, -0.05) is 0 Å². The summed E-state index contributed by atoms with van der Waals surface area (Å²) < 4.78 is 27.1. The van der Waals surface area contributed by atoms with Crippen molar-refractivity contribution in [1.29, 1.82) is 0 Å². The third-order valence-corrected chi connectivity index (χ3v) is 6.01. The molecule has 14 heteroatoms. The van der Waals surface area contributed by atoms with Gasteiger partial charge < -0.3 is 69.6 Å². The molecule has 0 aromatic heterocycles. The van der Waals surface area contributed by atoms with E-state index in [0.29, 0.717) is 0 Å². The fourth-order valence-corrected chi connectivity index (χ4v) is 3.94. The predicted octanol–water partition coefficient (Wildman–Crippen LogP) is -5.52. The van der Waals surface area contributed by atoms with Crippen molar-refractivity contribution in [3.05, 3.63) is 0 Å². The van der Waals surface area contributed by atoms with Gasteiger partial charge in [0.05, 0.1) is 18.8 Å². The standard InChI is InChI=1S/C18H32O14/c1-4-7(20)9(22)11(24)17(28-4)31-14-6(3-19)30-16(27)13(26)15(14)32-18-12(25)10(23)8(21)5(2)29-18/h4-27H,3H2,1-2H3/t4-,5-,6+,7+,8+,9+,10+,11-,12-,13+,14-,15+,16-,17+,18-/m0/s1. The molecule has 188 valence electrons. The van der Waals surface area contributed by atoms with Crippen molar-refractivity contribution in [1.82, 2.24) is 0 Å². The second-order valence-electron chi connectivity index (χ2n) is 8.30. The SMILES string of the molecule is C[C@@H]1O[C@@H](O[C@@H]2[C@@H](O)[C@@H](O)O[C@H](CO)[C@@H]2O[C@H]2O[C@@H](C)[C@@H](O)[C@@H](O)[C@@H]2O)[C@@H](O)[C@H](O)[C@@H]1O. The van der Waals surface area contributed by atoms with Gasteiger partial charge in [-0.3, -0.25) is 0 Å². The summed E-state index contributed by atoms with van der Waals surface area (Å²) in [4.78, 5) is 0. The fraction of sp³-hybridized carbons (Fsp3) is 1.00. The summed E-state index contributed by atoms with van der Waals surface area (Å²) in [5, 5.41) is 90.3. The highest BCUT2D eigenvalue weighted by molar-refractivity contribution is 4.95. The van der Waals surface area contributed by atoms with Gasteiger partial charge in [0.1, 0.15) is 61.0 Å². The van der Waals surface area contributed by atoms with E-state index in [0.717, 1.165) is 0 Å². The van der Waals surface area contributed by atoms with Gasteiger partial charge in [0.25, 0.3) is 0 Å². The van der Waals surface area contributed by atoms with Crippen LogP contribution >= 0.6 is 0 Å². The van der Waals surface area contributed by atoms with Crippen LogP contribution in [0.4, 0.5) is 0 Å². The summed E-state index contributed by atoms with van der Waals surface area (Å²) >= 11 is 0. The van der Waals surface area contributed by atoms with E-state index < -0.39 is 98.7 Å². The van der Waals surface area contributed by atoms with E-state index in [1.165, 1.54) is 13.8 Å². The van der Waals surface area contributed by atoms with Crippen LogP contribution in [0, 0.1) is 0 Å². The summed E-state index contributed by atoms with van der Waals surface area (Å²) in [6.45, 7) is 2.10. The molecule has 3 saturated heterocycles. The molecule has 3 fully saturated rings. The van der Waals surface area contributed by atoms with Crippen molar-refractivity contribution >= 4 is 0 Å². The number of hydrogen-bond acceptors (Lipinski definition) is 14. The Labute approximate surface area is 183 Å². The molecular weight excluding hydrogens is 440 g/mol. The Kier molecular flexibility index (Phi) is 8.44. The number of rotatable bonds is 5. The summed E-state index contributed by atoms with van der Waals surface area (Å²) in [5.74, 6) is 0. The molecule has 3 rings (SSSR count). The maximum atomic E-state index is 10.5. The van der Waals surface area contributed by atoms with Crippen LogP contribution in [-0.4, -0.2) is 145 Å². The van der Waals surface area contributed by atoms with Crippen LogP contribution in [0.3, 0.4) is 0 Å². The lowest BCUT2D eigenvalue weighted by Crippen LogP contribution is -2.66. The zero-order chi connectivity index (χ0) is 23.9. The average Bonchev–Trinajstić information content (AvgIpc) is 2.76. The van der Waals surface area contributed by atoms with Crippen molar-refractivity contribution in [2.24, 2.45) is 0 Å². The van der Waals surface area contributed by atoms with Crippen molar-refractivity contribution in [3.8, 4) is 0 Å². The second kappa shape index (κ2) is 10.4. The molecule has 0 aromatic carbocycles. The smallest absolute Gasteiger partial charge is 0.187 e. The van der Waals surface area contributed by atoms with Gasteiger partial charge in [-0.15, -0.1) is 0 Å². The Balaban J connectivity index is 1.82. The number of ether oxygens (including phenoxy) is 5. The van der Waals surface area contributed by atoms with E-state index in [2.05, 4.69) is 0 Å². The van der Waals surface area contributed by atoms with Crippen LogP contribution in [0.25, 0.3) is 0 Å². The minimum Gasteiger partial charge on any atom is -0.394 e. The van der Waals surface area contributed by atoms with Gasteiger partial charge in [-0.05, 0) is 13.8 Å². The molecule has 0 aromatic rings. The largest absolute Gasteiger partial charge is 0.394 e. The van der Waals surface area contributed by atoms with Gasteiger partial charge in [-0.2, -0.15) is 0 Å². The minimum absolute atomic E-state index is 0.732. The molecular formula is C18H32O14. The first-order valence-electron chi connectivity index (χ1n) is 10.3. The predicted molar refractivity (Wildman–Crippen MR) is 98.4 cm³/mol. The third-order valence-electron chi connectivity index (χ3n) is 6.01. The first-order valence-corrected chi connectivity index (χ1v) is 10.3. The van der Waals surface area contributed by atoms with Crippen LogP contribution < -0.4 is 0 Å². The highest BCUT2D eigenvalue weighted by Crippen LogP contribution is 2.32. The van der Waals surface area contributed by atoms with Gasteiger partial charge in [0.15, 0.2) is 18.9 Å². The van der Waals surface area contributed by atoms with E-state index in [9.17, 15) is 46.0 Å². The number of hydrogen-bond donors (Lipinski definition) is 9. The summed E-state index contributed by atoms with van der Waals surface area (Å²) in [6.07, 6.45) is -22.5. The van der Waals surface area contributed by atoms with E-state index in [4.69, 9.17) is 23.7 Å². The molecule has 3 aliphatic heterocycles. The third kappa shape index (κ3) is 4.94. The van der Waals surface area contributed by atoms with Crippen molar-refractivity contribution in [3.63, 3.8) is 0 Å². The Hall–Kier alpha value is -0.560. The Bertz CT molecular complexity index is 574. The first-order chi connectivity index (χ1) is 15.0. The number of aliphatic hydroxyl groups is 9. The molecule has 14 nitrogen and oxygen atoms in total. The van der Waals surface area contributed by atoms with Crippen LogP contribution in [0.1, 0.15) is 13.8 Å². The Morgan fingerprint density at radius 2 is 1.00 bits per heavy atom. The molecule has 0 saturated carbocycles. The molecule has 0 bridgehead atoms. The lowest BCUT2D eigenvalue weighted by molar-refractivity contribution is -0.381. The molecule has 0 amide bonds. The molecule has 32 heavy (non-hydrogen) atoms. The molecule has 0 radical (unpaired) electrons. The summed E-state index contributed by atoms with van der Waals surface area (Å²) in [6, 6.07) is 0. The Morgan fingerprint density at radius 1 is 0.562 bits per heavy atom. The zero-order valence-electron chi connectivity index (χ0n) is 17.4. The van der Waals surface area contributed by atoms with Crippen LogP contribution in [-0.2, 0) is 23.7 Å². The molecule has 0 spiro atoms. The maximum Gasteiger partial charge on any atom is 0.187 e. The molecule has 3 heterocycles. The molecule has 3 aliphatic rings. The molecule has 0 unspecified atom stereocenters. The van der Waals surface area contributed by atoms with E-state index >= 15 is 0 Å². The maximum absolute atomic E-state index is 10.5. The highest BCUT2D eigenvalue weighted by atomic mass is 16.8. The second-order valence-corrected chi connectivity index (χ2v) is 8.30. The van der Waals surface area contributed by atoms with E-state index in [1.54, 1.807) is 0 Å². The van der Waals surface area contributed by atoms with Crippen LogP contribution in [0.2, 0.25) is 0 Å². The minimum atomic E-state index is -1.84. The summed E-state index contributed by atoms with van der Waals surface area (Å²) in [7, 11) is 0. The Morgan fingerprint density at radius 3 is 1.44 bits per heavy atom. The average molecular weight is 472 g/mol. The molecule has 9 N–H and O–H groups in total. The highest BCUT2D eigenvalue weighted by Gasteiger charge is 2.53. The lowest BCUT2D eigenvalue weighted by Gasteiger charge is -2.48. The topological polar surface area (TPSA) is 228 Å². The number of aliphatic hydroxyl groups excluding tert-OH is 9. The van der Waals surface area contributed by atoms with Gasteiger partial charge in [0.2, 0.25) is 0 Å². The fourth-order valence-electron chi connectivity index (χ4n) is 3.94. The molecule has 0 aliphatic carbocycles. The van der Waals surface area contributed by atoms with Crippen molar-refractivity contribution in [2.75, 3.05) is 6.61 Å². The van der Waals surface area contributed by atoms with Gasteiger partial charge in [-0.25, -0.2) is 0 Å². The molecule has 15 atom stereocenters. The first kappa shape index (κ1) is 26.1. The van der Waals surface area contributed by atoms with Gasteiger partial charge >= 0.3 is 0 Å². The van der Waals surface area contributed by atoms with E-state index in [-0.39, 0.29) is 0 Å². The normalized spacial score (nSPS) is 55.0. The quantitative estimate of drug-likeness (QED) is 0.182. The van der Waals surface area contributed by atoms with Crippen LogP contribution in [0.5, 0.6) is 0 Å². The van der Waals surface area contributed by atoms with Crippen molar-refractivity contribution < 1.29 is 69.6 Å². The lowest BCUT2D eigenvalue weighted by atomic mass is 9.96.